The highest BCUT2D eigenvalue weighted by Gasteiger charge is 2.18. The molecule has 1 unspecified atom stereocenters. The Balaban J connectivity index is 1.67. The molecular weight excluding hydrogens is 338 g/mol. The van der Waals surface area contributed by atoms with E-state index in [0.29, 0.717) is 16.5 Å². The first kappa shape index (κ1) is 15.7. The largest absolute Gasteiger partial charge is 0.477 e. The van der Waals surface area contributed by atoms with Crippen LogP contribution < -0.4 is 5.32 Å². The molecule has 2 aromatic rings. The summed E-state index contributed by atoms with van der Waals surface area (Å²) in [5.41, 5.74) is 0.723. The molecule has 1 aliphatic rings. The third-order valence-electron chi connectivity index (χ3n) is 3.31. The van der Waals surface area contributed by atoms with E-state index >= 15 is 0 Å². The van der Waals surface area contributed by atoms with Gasteiger partial charge in [-0.15, -0.1) is 11.3 Å². The number of aromatic carboxylic acids is 1. The van der Waals surface area contributed by atoms with Crippen LogP contribution in [0.15, 0.2) is 24.3 Å². The van der Waals surface area contributed by atoms with Crippen LogP contribution in [0.4, 0.5) is 5.69 Å². The summed E-state index contributed by atoms with van der Waals surface area (Å²) in [7, 11) is 0. The summed E-state index contributed by atoms with van der Waals surface area (Å²) in [6, 6.07) is 7.16. The number of fused-ring (bicyclic) bond motifs is 1. The van der Waals surface area contributed by atoms with Gasteiger partial charge in [0.25, 0.3) is 0 Å². The molecule has 3 rings (SSSR count). The van der Waals surface area contributed by atoms with Crippen LogP contribution in [0.5, 0.6) is 0 Å². The standard InChI is InChI=1S/C15H15NO3S3/c17-14(7-11-8-20-3-4-21-11)16-10-1-2-12-9(5-10)6-13(22-12)15(18)19/h1-2,5-6,11H,3-4,7-8H2,(H,16,17)(H,18,19). The Morgan fingerprint density at radius 3 is 2.86 bits per heavy atom. The summed E-state index contributed by atoms with van der Waals surface area (Å²) in [4.78, 5) is 23.4. The van der Waals surface area contributed by atoms with Gasteiger partial charge in [0, 0.05) is 39.3 Å². The number of carboxylic acids is 1. The quantitative estimate of drug-likeness (QED) is 0.876. The molecule has 1 amide bonds. The molecule has 1 aromatic carbocycles. The topological polar surface area (TPSA) is 66.4 Å². The van der Waals surface area contributed by atoms with E-state index < -0.39 is 5.97 Å². The molecule has 0 radical (unpaired) electrons. The van der Waals surface area contributed by atoms with Crippen molar-refractivity contribution < 1.29 is 14.7 Å². The second-order valence-electron chi connectivity index (χ2n) is 4.99. The lowest BCUT2D eigenvalue weighted by Crippen LogP contribution is -2.22. The van der Waals surface area contributed by atoms with Gasteiger partial charge in [0.2, 0.25) is 5.91 Å². The first-order chi connectivity index (χ1) is 10.6. The van der Waals surface area contributed by atoms with Gasteiger partial charge in [-0.1, -0.05) is 0 Å². The smallest absolute Gasteiger partial charge is 0.345 e. The number of amides is 1. The van der Waals surface area contributed by atoms with Crippen LogP contribution in [-0.4, -0.2) is 39.5 Å². The number of carboxylic acid groups (broad SMARTS) is 1. The maximum absolute atomic E-state index is 12.1. The average Bonchev–Trinajstić information content (AvgIpc) is 2.91. The minimum absolute atomic E-state index is 0.0213. The highest BCUT2D eigenvalue weighted by Crippen LogP contribution is 2.29. The second kappa shape index (κ2) is 6.93. The van der Waals surface area contributed by atoms with Gasteiger partial charge in [-0.3, -0.25) is 4.79 Å². The normalized spacial score (nSPS) is 18.3. The Morgan fingerprint density at radius 2 is 2.14 bits per heavy atom. The van der Waals surface area contributed by atoms with Gasteiger partial charge in [0.05, 0.1) is 0 Å². The molecule has 0 bridgehead atoms. The fourth-order valence-electron chi connectivity index (χ4n) is 2.30. The summed E-state index contributed by atoms with van der Waals surface area (Å²) < 4.78 is 0.912. The van der Waals surface area contributed by atoms with Crippen LogP contribution in [0.2, 0.25) is 0 Å². The summed E-state index contributed by atoms with van der Waals surface area (Å²) in [6.07, 6.45) is 0.527. The molecule has 0 saturated carbocycles. The van der Waals surface area contributed by atoms with E-state index in [1.165, 1.54) is 17.1 Å². The minimum atomic E-state index is -0.918. The van der Waals surface area contributed by atoms with E-state index in [0.717, 1.165) is 27.3 Å². The molecule has 1 aliphatic heterocycles. The molecule has 0 spiro atoms. The molecule has 1 saturated heterocycles. The van der Waals surface area contributed by atoms with Crippen molar-refractivity contribution in [3.63, 3.8) is 0 Å². The number of carbonyl (C=O) groups excluding carboxylic acids is 1. The monoisotopic (exact) mass is 353 g/mol. The molecule has 2 heterocycles. The zero-order valence-corrected chi connectivity index (χ0v) is 14.2. The zero-order valence-electron chi connectivity index (χ0n) is 11.7. The number of hydrogen-bond donors (Lipinski definition) is 2. The molecule has 116 valence electrons. The number of nitrogens with one attached hydrogen (secondary N) is 1. The van der Waals surface area contributed by atoms with Crippen LogP contribution in [0, 0.1) is 0 Å². The third-order valence-corrected chi connectivity index (χ3v) is 7.26. The average molecular weight is 353 g/mol. The molecule has 2 N–H and O–H groups in total. The Morgan fingerprint density at radius 1 is 1.27 bits per heavy atom. The van der Waals surface area contributed by atoms with Crippen molar-refractivity contribution in [1.82, 2.24) is 0 Å². The van der Waals surface area contributed by atoms with Crippen LogP contribution in [0.3, 0.4) is 0 Å². The van der Waals surface area contributed by atoms with E-state index in [9.17, 15) is 9.59 Å². The number of carbonyl (C=O) groups is 2. The summed E-state index contributed by atoms with van der Waals surface area (Å²) >= 11 is 5.01. The van der Waals surface area contributed by atoms with Crippen molar-refractivity contribution in [1.29, 1.82) is 0 Å². The highest BCUT2D eigenvalue weighted by atomic mass is 32.2. The van der Waals surface area contributed by atoms with Gasteiger partial charge in [-0.2, -0.15) is 23.5 Å². The number of thioether (sulfide) groups is 2. The van der Waals surface area contributed by atoms with Crippen molar-refractivity contribution in [2.24, 2.45) is 0 Å². The van der Waals surface area contributed by atoms with Crippen LogP contribution in [-0.2, 0) is 4.79 Å². The van der Waals surface area contributed by atoms with Crippen molar-refractivity contribution in [3.05, 3.63) is 29.1 Å². The number of rotatable bonds is 4. The number of hydrogen-bond acceptors (Lipinski definition) is 5. The van der Waals surface area contributed by atoms with Crippen LogP contribution >= 0.6 is 34.9 Å². The lowest BCUT2D eigenvalue weighted by molar-refractivity contribution is -0.116. The summed E-state index contributed by atoms with van der Waals surface area (Å²) in [6.45, 7) is 0. The van der Waals surface area contributed by atoms with Gasteiger partial charge in [0.15, 0.2) is 0 Å². The minimum Gasteiger partial charge on any atom is -0.477 e. The van der Waals surface area contributed by atoms with Gasteiger partial charge in [-0.05, 0) is 29.7 Å². The molecule has 1 atom stereocenters. The second-order valence-corrected chi connectivity index (χ2v) is 8.63. The predicted molar refractivity (Wildman–Crippen MR) is 95.6 cm³/mol. The number of benzene rings is 1. The van der Waals surface area contributed by atoms with Crippen molar-refractivity contribution in [3.8, 4) is 0 Å². The van der Waals surface area contributed by atoms with Crippen LogP contribution in [0.1, 0.15) is 16.1 Å². The van der Waals surface area contributed by atoms with E-state index in [2.05, 4.69) is 5.32 Å². The van der Waals surface area contributed by atoms with Gasteiger partial charge in [0.1, 0.15) is 4.88 Å². The van der Waals surface area contributed by atoms with E-state index in [4.69, 9.17) is 5.11 Å². The van der Waals surface area contributed by atoms with Gasteiger partial charge < -0.3 is 10.4 Å². The molecule has 4 nitrogen and oxygen atoms in total. The summed E-state index contributed by atoms with van der Waals surface area (Å²) in [5.74, 6) is 2.42. The van der Waals surface area contributed by atoms with E-state index in [1.54, 1.807) is 6.07 Å². The fourth-order valence-corrected chi connectivity index (χ4v) is 5.86. The van der Waals surface area contributed by atoms with E-state index in [1.807, 2.05) is 41.7 Å². The first-order valence-corrected chi connectivity index (χ1v) is 9.90. The Bertz CT molecular complexity index is 707. The maximum Gasteiger partial charge on any atom is 0.345 e. The van der Waals surface area contributed by atoms with Crippen molar-refractivity contribution in [2.45, 2.75) is 11.7 Å². The first-order valence-electron chi connectivity index (χ1n) is 6.88. The fraction of sp³-hybridized carbons (Fsp3) is 0.333. The van der Waals surface area contributed by atoms with E-state index in [-0.39, 0.29) is 5.91 Å². The van der Waals surface area contributed by atoms with Gasteiger partial charge >= 0.3 is 5.97 Å². The van der Waals surface area contributed by atoms with Crippen molar-refractivity contribution in [2.75, 3.05) is 22.6 Å². The molecule has 1 fully saturated rings. The Labute approximate surface area is 140 Å². The maximum atomic E-state index is 12.1. The molecule has 22 heavy (non-hydrogen) atoms. The number of anilines is 1. The predicted octanol–water partition coefficient (Wildman–Crippen LogP) is 3.78. The lowest BCUT2D eigenvalue weighted by Gasteiger charge is -2.20. The molecule has 0 aliphatic carbocycles. The highest BCUT2D eigenvalue weighted by molar-refractivity contribution is 8.06. The number of thiophene rings is 1. The Kier molecular flexibility index (Phi) is 4.95. The van der Waals surface area contributed by atoms with Gasteiger partial charge in [-0.25, -0.2) is 4.79 Å². The molecular formula is C15H15NO3S3. The molecule has 7 heteroatoms. The summed E-state index contributed by atoms with van der Waals surface area (Å²) in [5, 5.41) is 13.2. The zero-order chi connectivity index (χ0) is 15.5. The Hall–Kier alpha value is -1.18. The van der Waals surface area contributed by atoms with Crippen LogP contribution in [0.25, 0.3) is 10.1 Å². The lowest BCUT2D eigenvalue weighted by atomic mass is 10.2. The molecule has 1 aromatic heterocycles. The van der Waals surface area contributed by atoms with Crippen molar-refractivity contribution >= 4 is 62.5 Å². The SMILES string of the molecule is O=C(CC1CSCCS1)Nc1ccc2sc(C(=O)O)cc2c1. The third kappa shape index (κ3) is 3.77.